The molecule has 1 aliphatic carbocycles. The smallest absolute Gasteiger partial charge is 0.139 e. The zero-order valence-electron chi connectivity index (χ0n) is 6.58. The summed E-state index contributed by atoms with van der Waals surface area (Å²) < 4.78 is 0. The largest absolute Gasteiger partial charge is 0.376 e. The second-order valence-corrected chi connectivity index (χ2v) is 3.63. The lowest BCUT2D eigenvalue weighted by Crippen LogP contribution is -2.32. The molecule has 1 saturated heterocycles. The van der Waals surface area contributed by atoms with E-state index in [2.05, 4.69) is 10.8 Å². The summed E-state index contributed by atoms with van der Waals surface area (Å²) in [4.78, 5) is 2.31. The van der Waals surface area contributed by atoms with E-state index in [1.165, 1.54) is 12.8 Å². The topological polar surface area (TPSA) is 23.5 Å². The van der Waals surface area contributed by atoms with E-state index in [4.69, 9.17) is 6.42 Å². The third kappa shape index (κ3) is 1.26. The molecule has 0 bridgehead atoms. The van der Waals surface area contributed by atoms with Crippen molar-refractivity contribution in [2.75, 3.05) is 13.1 Å². The van der Waals surface area contributed by atoms with Crippen LogP contribution < -0.4 is 0 Å². The van der Waals surface area contributed by atoms with Gasteiger partial charge in [-0.2, -0.15) is 0 Å². The minimum Gasteiger partial charge on any atom is -0.376 e. The summed E-state index contributed by atoms with van der Waals surface area (Å²) in [7, 11) is 0. The van der Waals surface area contributed by atoms with E-state index in [0.717, 1.165) is 19.0 Å². The third-order valence-electron chi connectivity index (χ3n) is 2.61. The highest BCUT2D eigenvalue weighted by atomic mass is 16.3. The fourth-order valence-corrected chi connectivity index (χ4v) is 1.69. The van der Waals surface area contributed by atoms with Crippen LogP contribution in [-0.2, 0) is 0 Å². The lowest BCUT2D eigenvalue weighted by atomic mass is 10.1. The molecule has 1 unspecified atom stereocenters. The van der Waals surface area contributed by atoms with Crippen LogP contribution in [0.15, 0.2) is 0 Å². The first-order valence-corrected chi connectivity index (χ1v) is 4.18. The molecule has 2 heteroatoms. The summed E-state index contributed by atoms with van der Waals surface area (Å²) in [5.74, 6) is 2.47. The van der Waals surface area contributed by atoms with Crippen LogP contribution >= 0.6 is 0 Å². The van der Waals surface area contributed by atoms with Gasteiger partial charge >= 0.3 is 0 Å². The highest BCUT2D eigenvalue weighted by molar-refractivity contribution is 5.13. The van der Waals surface area contributed by atoms with Gasteiger partial charge in [-0.05, 0) is 12.8 Å². The number of hydrogen-bond donors (Lipinski definition) is 1. The number of aliphatic hydroxyl groups is 1. The van der Waals surface area contributed by atoms with E-state index in [9.17, 15) is 5.11 Å². The second kappa shape index (κ2) is 2.23. The fraction of sp³-hybridized carbons (Fsp3) is 0.778. The first-order chi connectivity index (χ1) is 5.23. The molecule has 1 heterocycles. The quantitative estimate of drug-likeness (QED) is 0.542. The number of β-amino-alcohol motifs (C(OH)–C–C–N with tert-alkyl or cyclic N) is 1. The van der Waals surface area contributed by atoms with E-state index < -0.39 is 5.60 Å². The lowest BCUT2D eigenvalue weighted by Gasteiger charge is -2.16. The Labute approximate surface area is 67.2 Å². The van der Waals surface area contributed by atoms with Crippen molar-refractivity contribution in [3.63, 3.8) is 0 Å². The van der Waals surface area contributed by atoms with E-state index in [-0.39, 0.29) is 0 Å². The molecule has 0 aromatic carbocycles. The molecule has 0 amide bonds. The van der Waals surface area contributed by atoms with Crippen molar-refractivity contribution in [3.8, 4) is 12.3 Å². The normalized spacial score (nSPS) is 38.9. The average Bonchev–Trinajstić information content (AvgIpc) is 2.77. The molecule has 1 aliphatic heterocycles. The van der Waals surface area contributed by atoms with Gasteiger partial charge in [-0.3, -0.25) is 4.90 Å². The Balaban J connectivity index is 1.98. The molecule has 11 heavy (non-hydrogen) atoms. The van der Waals surface area contributed by atoms with Gasteiger partial charge in [0.15, 0.2) is 0 Å². The van der Waals surface area contributed by atoms with Gasteiger partial charge in [0.2, 0.25) is 0 Å². The summed E-state index contributed by atoms with van der Waals surface area (Å²) >= 11 is 0. The highest BCUT2D eigenvalue weighted by Gasteiger charge is 2.40. The molecule has 0 aromatic rings. The van der Waals surface area contributed by atoms with Gasteiger partial charge in [-0.1, -0.05) is 5.92 Å². The molecule has 0 aromatic heterocycles. The Morgan fingerprint density at radius 1 is 1.55 bits per heavy atom. The van der Waals surface area contributed by atoms with Crippen LogP contribution in [0.5, 0.6) is 0 Å². The summed E-state index contributed by atoms with van der Waals surface area (Å²) in [6, 6.07) is 0.734. The van der Waals surface area contributed by atoms with Crippen molar-refractivity contribution in [1.82, 2.24) is 4.90 Å². The zero-order valence-corrected chi connectivity index (χ0v) is 6.58. The van der Waals surface area contributed by atoms with Crippen LogP contribution in [-0.4, -0.2) is 34.7 Å². The predicted molar refractivity (Wildman–Crippen MR) is 43.0 cm³/mol. The molecular formula is C9H13NO. The number of likely N-dealkylation sites (tertiary alicyclic amines) is 1. The molecule has 2 nitrogen and oxygen atoms in total. The molecule has 2 rings (SSSR count). The van der Waals surface area contributed by atoms with E-state index in [1.807, 2.05) is 0 Å². The standard InChI is InChI=1S/C9H13NO/c1-2-9(11)5-6-10(7-9)8-3-4-8/h1,8,11H,3-7H2. The first-order valence-electron chi connectivity index (χ1n) is 4.18. The molecule has 2 aliphatic rings. The average molecular weight is 151 g/mol. The van der Waals surface area contributed by atoms with Crippen LogP contribution in [0.2, 0.25) is 0 Å². The van der Waals surface area contributed by atoms with Crippen LogP contribution in [0.25, 0.3) is 0 Å². The minimum atomic E-state index is -0.817. The summed E-state index contributed by atoms with van der Waals surface area (Å²) in [6.45, 7) is 1.67. The number of nitrogens with zero attached hydrogens (tertiary/aromatic N) is 1. The van der Waals surface area contributed by atoms with Crippen molar-refractivity contribution in [1.29, 1.82) is 0 Å². The van der Waals surface area contributed by atoms with Crippen molar-refractivity contribution in [2.24, 2.45) is 0 Å². The molecule has 1 N–H and O–H groups in total. The summed E-state index contributed by atoms with van der Waals surface area (Å²) in [6.07, 6.45) is 8.56. The maximum atomic E-state index is 9.67. The summed E-state index contributed by atoms with van der Waals surface area (Å²) in [5, 5.41) is 9.67. The molecule has 0 radical (unpaired) electrons. The fourth-order valence-electron chi connectivity index (χ4n) is 1.69. The number of hydrogen-bond acceptors (Lipinski definition) is 2. The van der Waals surface area contributed by atoms with E-state index in [0.29, 0.717) is 6.54 Å². The Bertz CT molecular complexity index is 204. The Kier molecular flexibility index (Phi) is 1.45. The zero-order chi connectivity index (χ0) is 7.90. The first kappa shape index (κ1) is 7.15. The monoisotopic (exact) mass is 151 g/mol. The molecule has 60 valence electrons. The van der Waals surface area contributed by atoms with Crippen molar-refractivity contribution < 1.29 is 5.11 Å². The van der Waals surface area contributed by atoms with Gasteiger partial charge in [0.25, 0.3) is 0 Å². The Morgan fingerprint density at radius 3 is 2.73 bits per heavy atom. The predicted octanol–water partition coefficient (Wildman–Crippen LogP) is 0.219. The van der Waals surface area contributed by atoms with E-state index >= 15 is 0 Å². The van der Waals surface area contributed by atoms with Crippen LogP contribution in [0.3, 0.4) is 0 Å². The van der Waals surface area contributed by atoms with Gasteiger partial charge in [-0.25, -0.2) is 0 Å². The number of rotatable bonds is 1. The highest BCUT2D eigenvalue weighted by Crippen LogP contribution is 2.32. The third-order valence-corrected chi connectivity index (χ3v) is 2.61. The maximum Gasteiger partial charge on any atom is 0.139 e. The van der Waals surface area contributed by atoms with Crippen molar-refractivity contribution in [3.05, 3.63) is 0 Å². The van der Waals surface area contributed by atoms with Gasteiger partial charge < -0.3 is 5.11 Å². The van der Waals surface area contributed by atoms with Crippen molar-refractivity contribution >= 4 is 0 Å². The molecule has 1 atom stereocenters. The molecule has 0 spiro atoms. The van der Waals surface area contributed by atoms with Gasteiger partial charge in [-0.15, -0.1) is 6.42 Å². The van der Waals surface area contributed by atoms with Gasteiger partial charge in [0.1, 0.15) is 5.60 Å². The van der Waals surface area contributed by atoms with Crippen LogP contribution in [0, 0.1) is 12.3 Å². The Hall–Kier alpha value is -0.520. The number of terminal acetylenes is 1. The van der Waals surface area contributed by atoms with Crippen molar-refractivity contribution in [2.45, 2.75) is 30.9 Å². The molecule has 1 saturated carbocycles. The van der Waals surface area contributed by atoms with E-state index in [1.54, 1.807) is 0 Å². The lowest BCUT2D eigenvalue weighted by molar-refractivity contribution is 0.107. The van der Waals surface area contributed by atoms with Gasteiger partial charge in [0.05, 0.1) is 0 Å². The maximum absolute atomic E-state index is 9.67. The van der Waals surface area contributed by atoms with Crippen LogP contribution in [0.4, 0.5) is 0 Å². The van der Waals surface area contributed by atoms with Gasteiger partial charge in [0, 0.05) is 25.6 Å². The molecular weight excluding hydrogens is 138 g/mol. The van der Waals surface area contributed by atoms with Crippen LogP contribution in [0.1, 0.15) is 19.3 Å². The second-order valence-electron chi connectivity index (χ2n) is 3.63. The molecule has 2 fully saturated rings. The SMILES string of the molecule is C#CC1(O)CCN(C2CC2)C1. The summed E-state index contributed by atoms with van der Waals surface area (Å²) in [5.41, 5.74) is -0.817. The minimum absolute atomic E-state index is 0.689. The Morgan fingerprint density at radius 2 is 2.27 bits per heavy atom.